The van der Waals surface area contributed by atoms with Gasteiger partial charge in [0.1, 0.15) is 5.82 Å². The number of aromatic nitrogens is 4. The average molecular weight is 272 g/mol. The summed E-state index contributed by atoms with van der Waals surface area (Å²) in [6.07, 6.45) is 3.52. The third-order valence-electron chi connectivity index (χ3n) is 2.23. The highest BCUT2D eigenvalue weighted by Gasteiger charge is 2.18. The minimum absolute atomic E-state index is 0.211. The summed E-state index contributed by atoms with van der Waals surface area (Å²) >= 11 is 6.70. The zero-order chi connectivity index (χ0) is 12.4. The summed E-state index contributed by atoms with van der Waals surface area (Å²) in [7, 11) is 3.56. The van der Waals surface area contributed by atoms with Gasteiger partial charge in [0.2, 0.25) is 9.47 Å². The molecule has 90 valence electrons. The van der Waals surface area contributed by atoms with E-state index in [-0.39, 0.29) is 15.4 Å². The van der Waals surface area contributed by atoms with E-state index < -0.39 is 0 Å². The third-order valence-corrected chi connectivity index (χ3v) is 3.24. The maximum Gasteiger partial charge on any atom is 0.285 e. The normalized spacial score (nSPS) is 10.5. The Balaban J connectivity index is 2.08. The van der Waals surface area contributed by atoms with E-state index in [1.165, 1.54) is 4.90 Å². The molecule has 0 atom stereocenters. The number of hydrogen-bond donors (Lipinski definition) is 0. The van der Waals surface area contributed by atoms with Gasteiger partial charge < -0.3 is 9.47 Å². The summed E-state index contributed by atoms with van der Waals surface area (Å²) in [5.74, 6) is 0.592. The van der Waals surface area contributed by atoms with E-state index in [0.29, 0.717) is 6.54 Å². The van der Waals surface area contributed by atoms with Gasteiger partial charge in [-0.1, -0.05) is 11.3 Å². The lowest BCUT2D eigenvalue weighted by Crippen LogP contribution is -2.27. The Hall–Kier alpha value is -1.47. The first-order valence-electron chi connectivity index (χ1n) is 4.78. The van der Waals surface area contributed by atoms with E-state index in [9.17, 15) is 4.79 Å². The second kappa shape index (κ2) is 4.80. The first-order valence-corrected chi connectivity index (χ1v) is 5.98. The molecule has 0 aromatic carbocycles. The molecule has 17 heavy (non-hydrogen) atoms. The molecule has 0 saturated heterocycles. The Kier molecular flexibility index (Phi) is 3.39. The van der Waals surface area contributed by atoms with Crippen LogP contribution in [0.2, 0.25) is 4.47 Å². The lowest BCUT2D eigenvalue weighted by Gasteiger charge is -2.14. The summed E-state index contributed by atoms with van der Waals surface area (Å²) < 4.78 is 2.12. The van der Waals surface area contributed by atoms with Gasteiger partial charge in [0, 0.05) is 26.5 Å². The van der Waals surface area contributed by atoms with Gasteiger partial charge in [-0.15, -0.1) is 10.2 Å². The minimum atomic E-state index is -0.211. The van der Waals surface area contributed by atoms with Crippen molar-refractivity contribution in [3.05, 3.63) is 27.7 Å². The Bertz CT molecular complexity index is 537. The summed E-state index contributed by atoms with van der Waals surface area (Å²) in [5, 5.41) is 7.59. The molecule has 2 heterocycles. The Labute approximate surface area is 107 Å². The van der Waals surface area contributed by atoms with Crippen LogP contribution in [0.1, 0.15) is 15.6 Å². The molecule has 1 amide bonds. The second-order valence-electron chi connectivity index (χ2n) is 3.48. The largest absolute Gasteiger partial charge is 0.337 e. The first-order chi connectivity index (χ1) is 8.08. The molecule has 0 N–H and O–H groups in total. The van der Waals surface area contributed by atoms with Crippen LogP contribution in [0, 0.1) is 0 Å². The van der Waals surface area contributed by atoms with Crippen molar-refractivity contribution in [1.82, 2.24) is 24.6 Å². The van der Waals surface area contributed by atoms with Gasteiger partial charge in [-0.05, 0) is 11.6 Å². The van der Waals surface area contributed by atoms with Crippen LogP contribution in [-0.4, -0.2) is 37.6 Å². The van der Waals surface area contributed by atoms with Crippen molar-refractivity contribution in [2.75, 3.05) is 7.05 Å². The highest BCUT2D eigenvalue weighted by Crippen LogP contribution is 2.16. The molecule has 0 bridgehead atoms. The first kappa shape index (κ1) is 12.0. The van der Waals surface area contributed by atoms with Crippen molar-refractivity contribution in [1.29, 1.82) is 0 Å². The molecule has 6 nitrogen and oxygen atoms in total. The molecule has 0 radical (unpaired) electrons. The van der Waals surface area contributed by atoms with Crippen LogP contribution < -0.4 is 0 Å². The molecule has 0 aliphatic carbocycles. The number of aryl methyl sites for hydroxylation is 1. The van der Waals surface area contributed by atoms with Crippen LogP contribution in [0.4, 0.5) is 0 Å². The second-order valence-corrected chi connectivity index (χ2v) is 5.04. The summed E-state index contributed by atoms with van der Waals surface area (Å²) in [4.78, 5) is 17.6. The maximum absolute atomic E-state index is 11.9. The zero-order valence-electron chi connectivity index (χ0n) is 9.29. The molecule has 0 aliphatic rings. The topological polar surface area (TPSA) is 63.9 Å². The SMILES string of the molecule is CN(Cc1nccn1C)C(=O)c1nnc(Cl)s1. The van der Waals surface area contributed by atoms with Crippen LogP contribution in [-0.2, 0) is 13.6 Å². The van der Waals surface area contributed by atoms with Crippen LogP contribution in [0.15, 0.2) is 12.4 Å². The van der Waals surface area contributed by atoms with Gasteiger partial charge in [0.25, 0.3) is 5.91 Å². The fourth-order valence-electron chi connectivity index (χ4n) is 1.29. The molecule has 2 rings (SSSR count). The predicted molar refractivity (Wildman–Crippen MR) is 63.9 cm³/mol. The van der Waals surface area contributed by atoms with Gasteiger partial charge in [-0.2, -0.15) is 0 Å². The number of imidazole rings is 1. The van der Waals surface area contributed by atoms with Crippen molar-refractivity contribution >= 4 is 28.8 Å². The van der Waals surface area contributed by atoms with Crippen molar-refractivity contribution in [3.63, 3.8) is 0 Å². The predicted octanol–water partition coefficient (Wildman–Crippen LogP) is 1.20. The molecule has 0 saturated carbocycles. The highest BCUT2D eigenvalue weighted by atomic mass is 35.5. The molecule has 8 heteroatoms. The Morgan fingerprint density at radius 2 is 2.35 bits per heavy atom. The van der Waals surface area contributed by atoms with Crippen LogP contribution >= 0.6 is 22.9 Å². The number of amides is 1. The smallest absolute Gasteiger partial charge is 0.285 e. The Morgan fingerprint density at radius 1 is 1.59 bits per heavy atom. The van der Waals surface area contributed by atoms with Gasteiger partial charge in [0.05, 0.1) is 6.54 Å². The van der Waals surface area contributed by atoms with Crippen LogP contribution in [0.3, 0.4) is 0 Å². The molecule has 2 aromatic heterocycles. The lowest BCUT2D eigenvalue weighted by molar-refractivity contribution is 0.0779. The fraction of sp³-hybridized carbons (Fsp3) is 0.333. The monoisotopic (exact) mass is 271 g/mol. The maximum atomic E-state index is 11.9. The molecule has 2 aromatic rings. The number of carbonyl (C=O) groups is 1. The van der Waals surface area contributed by atoms with E-state index in [0.717, 1.165) is 17.2 Å². The van der Waals surface area contributed by atoms with Crippen LogP contribution in [0.25, 0.3) is 0 Å². The number of carbonyl (C=O) groups excluding carboxylic acids is 1. The van der Waals surface area contributed by atoms with E-state index >= 15 is 0 Å². The molecule has 0 fully saturated rings. The third kappa shape index (κ3) is 2.62. The summed E-state index contributed by atoms with van der Waals surface area (Å²) in [6, 6.07) is 0. The van der Waals surface area contributed by atoms with Crippen molar-refractivity contribution < 1.29 is 4.79 Å². The number of rotatable bonds is 3. The minimum Gasteiger partial charge on any atom is -0.337 e. The zero-order valence-corrected chi connectivity index (χ0v) is 10.9. The standard InChI is InChI=1S/C9H10ClN5OS/c1-14-4-3-11-6(14)5-15(2)8(16)7-12-13-9(10)17-7/h3-4H,5H2,1-2H3. The molecular formula is C9H10ClN5OS. The van der Waals surface area contributed by atoms with Crippen molar-refractivity contribution in [2.24, 2.45) is 7.05 Å². The van der Waals surface area contributed by atoms with Crippen molar-refractivity contribution in [2.45, 2.75) is 6.54 Å². The van der Waals surface area contributed by atoms with Gasteiger partial charge >= 0.3 is 0 Å². The Morgan fingerprint density at radius 3 is 2.88 bits per heavy atom. The number of nitrogens with zero attached hydrogens (tertiary/aromatic N) is 5. The summed E-state index contributed by atoms with van der Waals surface area (Å²) in [5.41, 5.74) is 0. The highest BCUT2D eigenvalue weighted by molar-refractivity contribution is 7.17. The average Bonchev–Trinajstić information content (AvgIpc) is 2.88. The lowest BCUT2D eigenvalue weighted by atomic mass is 10.5. The summed E-state index contributed by atoms with van der Waals surface area (Å²) in [6.45, 7) is 0.416. The van der Waals surface area contributed by atoms with Crippen LogP contribution in [0.5, 0.6) is 0 Å². The van der Waals surface area contributed by atoms with Gasteiger partial charge in [-0.25, -0.2) is 4.98 Å². The van der Waals surface area contributed by atoms with Gasteiger partial charge in [0.15, 0.2) is 0 Å². The van der Waals surface area contributed by atoms with Crippen molar-refractivity contribution in [3.8, 4) is 0 Å². The van der Waals surface area contributed by atoms with E-state index in [1.807, 2.05) is 17.8 Å². The van der Waals surface area contributed by atoms with Gasteiger partial charge in [-0.3, -0.25) is 4.79 Å². The number of hydrogen-bond acceptors (Lipinski definition) is 5. The fourth-order valence-corrected chi connectivity index (χ4v) is 2.11. The van der Waals surface area contributed by atoms with E-state index in [4.69, 9.17) is 11.6 Å². The molecule has 0 unspecified atom stereocenters. The van der Waals surface area contributed by atoms with E-state index in [2.05, 4.69) is 15.2 Å². The van der Waals surface area contributed by atoms with E-state index in [1.54, 1.807) is 13.2 Å². The molecule has 0 aliphatic heterocycles. The number of halogens is 1. The molecular weight excluding hydrogens is 262 g/mol. The molecule has 0 spiro atoms. The quantitative estimate of drug-likeness (QED) is 0.841.